The number of rotatable bonds is 9. The van der Waals surface area contributed by atoms with Crippen LogP contribution < -0.4 is 9.47 Å². The molecule has 2 aromatic rings. The summed E-state index contributed by atoms with van der Waals surface area (Å²) in [5.74, 6) is 1.28. The Bertz CT molecular complexity index is 1080. The molecule has 1 aromatic carbocycles. The van der Waals surface area contributed by atoms with E-state index in [-0.39, 0.29) is 18.0 Å². The number of carbonyl (C=O) groups is 2. The van der Waals surface area contributed by atoms with Gasteiger partial charge in [0.25, 0.3) is 0 Å². The van der Waals surface area contributed by atoms with Gasteiger partial charge < -0.3 is 23.9 Å². The molecule has 3 heterocycles. The Labute approximate surface area is 207 Å². The SMILES string of the molecule is CCOC(=O)C12C[C@H](CCCCOC(C)=O)CN(CCc3c1[nH]c1cc(OC)c(OC)cc31)C2C. The molecule has 0 radical (unpaired) electrons. The van der Waals surface area contributed by atoms with Crippen molar-refractivity contribution in [3.05, 3.63) is 23.4 Å². The Balaban J connectivity index is 1.74. The highest BCUT2D eigenvalue weighted by atomic mass is 16.5. The van der Waals surface area contributed by atoms with Gasteiger partial charge in [-0.05, 0) is 63.5 Å². The van der Waals surface area contributed by atoms with E-state index in [9.17, 15) is 9.59 Å². The molecule has 2 bridgehead atoms. The van der Waals surface area contributed by atoms with Crippen LogP contribution in [-0.4, -0.2) is 68.4 Å². The van der Waals surface area contributed by atoms with E-state index in [0.29, 0.717) is 30.6 Å². The molecule has 0 amide bonds. The Morgan fingerprint density at radius 2 is 1.89 bits per heavy atom. The summed E-state index contributed by atoms with van der Waals surface area (Å²) in [6.45, 7) is 8.08. The first kappa shape index (κ1) is 25.4. The fourth-order valence-electron chi connectivity index (χ4n) is 6.12. The smallest absolute Gasteiger partial charge is 0.319 e. The standard InChI is InChI=1S/C27H38N2O6/c1-6-34-26(31)27-15-19(9-7-8-12-35-18(3)30)16-29(17(27)2)11-10-20-21-13-23(32-4)24(33-5)14-22(21)28-25(20)27/h13-14,17,19,28H,6-12,15-16H2,1-5H3/t17?,19-,27?/m0/s1. The number of H-pyrrole nitrogens is 1. The van der Waals surface area contributed by atoms with Crippen LogP contribution in [0.2, 0.25) is 0 Å². The molecule has 2 aliphatic rings. The number of carbonyl (C=O) groups excluding carboxylic acids is 2. The molecule has 0 spiro atoms. The second-order valence-electron chi connectivity index (χ2n) is 9.75. The van der Waals surface area contributed by atoms with Gasteiger partial charge in [-0.15, -0.1) is 0 Å². The van der Waals surface area contributed by atoms with Crippen LogP contribution in [0.4, 0.5) is 0 Å². The molecular weight excluding hydrogens is 448 g/mol. The minimum Gasteiger partial charge on any atom is -0.493 e. The van der Waals surface area contributed by atoms with E-state index in [1.165, 1.54) is 12.5 Å². The molecule has 1 aromatic heterocycles. The molecule has 1 N–H and O–H groups in total. The Kier molecular flexibility index (Phi) is 7.59. The number of unbranched alkanes of at least 4 members (excludes halogenated alkanes) is 1. The number of nitrogens with one attached hydrogen (secondary N) is 1. The third kappa shape index (κ3) is 4.60. The van der Waals surface area contributed by atoms with E-state index in [0.717, 1.165) is 61.8 Å². The van der Waals surface area contributed by atoms with Gasteiger partial charge in [0.05, 0.1) is 27.4 Å². The van der Waals surface area contributed by atoms with Crippen molar-refractivity contribution in [2.75, 3.05) is 40.5 Å². The van der Waals surface area contributed by atoms with E-state index in [1.807, 2.05) is 19.1 Å². The molecule has 1 fully saturated rings. The first-order chi connectivity index (χ1) is 16.8. The molecule has 2 aliphatic heterocycles. The normalized spacial score (nSPS) is 25.5. The van der Waals surface area contributed by atoms with E-state index >= 15 is 0 Å². The summed E-state index contributed by atoms with van der Waals surface area (Å²) in [6, 6.07) is 3.99. The van der Waals surface area contributed by atoms with Crippen LogP contribution in [-0.2, 0) is 30.9 Å². The number of nitrogens with zero attached hydrogens (tertiary/aromatic N) is 1. The minimum atomic E-state index is -0.778. The molecule has 4 atom stereocenters. The fourth-order valence-corrected chi connectivity index (χ4v) is 6.12. The number of benzene rings is 1. The largest absolute Gasteiger partial charge is 0.493 e. The average Bonchev–Trinajstić information content (AvgIpc) is 3.17. The zero-order valence-electron chi connectivity index (χ0n) is 21.6. The highest BCUT2D eigenvalue weighted by Crippen LogP contribution is 2.49. The molecule has 35 heavy (non-hydrogen) atoms. The molecule has 0 aliphatic carbocycles. The molecule has 3 unspecified atom stereocenters. The topological polar surface area (TPSA) is 90.1 Å². The van der Waals surface area contributed by atoms with Crippen LogP contribution in [0.25, 0.3) is 10.9 Å². The number of esters is 2. The lowest BCUT2D eigenvalue weighted by atomic mass is 9.67. The maximum Gasteiger partial charge on any atom is 0.319 e. The van der Waals surface area contributed by atoms with E-state index < -0.39 is 5.41 Å². The van der Waals surface area contributed by atoms with Crippen molar-refractivity contribution >= 4 is 22.8 Å². The first-order valence-corrected chi connectivity index (χ1v) is 12.7. The second kappa shape index (κ2) is 10.5. The van der Waals surface area contributed by atoms with Gasteiger partial charge in [-0.3, -0.25) is 14.5 Å². The number of hydrogen-bond donors (Lipinski definition) is 1. The molecule has 192 valence electrons. The highest BCUT2D eigenvalue weighted by Gasteiger charge is 2.56. The average molecular weight is 487 g/mol. The van der Waals surface area contributed by atoms with Crippen molar-refractivity contribution in [1.29, 1.82) is 0 Å². The monoisotopic (exact) mass is 486 g/mol. The zero-order chi connectivity index (χ0) is 25.2. The summed E-state index contributed by atoms with van der Waals surface area (Å²) in [5.41, 5.74) is 2.31. The van der Waals surface area contributed by atoms with Gasteiger partial charge in [0.2, 0.25) is 0 Å². The predicted molar refractivity (Wildman–Crippen MR) is 133 cm³/mol. The molecule has 8 heteroatoms. The quantitative estimate of drug-likeness (QED) is 0.423. The van der Waals surface area contributed by atoms with Crippen molar-refractivity contribution in [3.8, 4) is 11.5 Å². The summed E-state index contributed by atoms with van der Waals surface area (Å²) < 4.78 is 22.0. The lowest BCUT2D eigenvalue weighted by molar-refractivity contribution is -0.157. The van der Waals surface area contributed by atoms with Crippen molar-refractivity contribution in [1.82, 2.24) is 9.88 Å². The van der Waals surface area contributed by atoms with Crippen LogP contribution in [0.15, 0.2) is 12.1 Å². The highest BCUT2D eigenvalue weighted by molar-refractivity contribution is 5.93. The van der Waals surface area contributed by atoms with Gasteiger partial charge in [0.15, 0.2) is 11.5 Å². The Morgan fingerprint density at radius 1 is 1.14 bits per heavy atom. The first-order valence-electron chi connectivity index (χ1n) is 12.7. The van der Waals surface area contributed by atoms with Crippen LogP contribution in [0.3, 0.4) is 0 Å². The van der Waals surface area contributed by atoms with Crippen LogP contribution in [0.1, 0.15) is 57.7 Å². The Morgan fingerprint density at radius 3 is 2.57 bits per heavy atom. The molecule has 0 saturated carbocycles. The maximum absolute atomic E-state index is 13.8. The van der Waals surface area contributed by atoms with E-state index in [1.54, 1.807) is 14.2 Å². The number of fused-ring (bicyclic) bond motifs is 6. The minimum absolute atomic E-state index is 0.0111. The van der Waals surface area contributed by atoms with Gasteiger partial charge >= 0.3 is 11.9 Å². The van der Waals surface area contributed by atoms with Crippen LogP contribution in [0, 0.1) is 5.92 Å². The number of aromatic amines is 1. The second-order valence-corrected chi connectivity index (χ2v) is 9.75. The summed E-state index contributed by atoms with van der Waals surface area (Å²) in [6.07, 6.45) is 4.33. The van der Waals surface area contributed by atoms with E-state index in [2.05, 4.69) is 16.8 Å². The van der Waals surface area contributed by atoms with Crippen molar-refractivity contribution < 1.29 is 28.5 Å². The number of piperidine rings is 1. The van der Waals surface area contributed by atoms with Crippen LogP contribution in [0.5, 0.6) is 11.5 Å². The third-order valence-corrected chi connectivity index (χ3v) is 7.82. The van der Waals surface area contributed by atoms with E-state index in [4.69, 9.17) is 18.9 Å². The summed E-state index contributed by atoms with van der Waals surface area (Å²) in [7, 11) is 3.27. The summed E-state index contributed by atoms with van der Waals surface area (Å²) in [4.78, 5) is 31.0. The molecule has 8 nitrogen and oxygen atoms in total. The van der Waals surface area contributed by atoms with Crippen LogP contribution >= 0.6 is 0 Å². The van der Waals surface area contributed by atoms with Gasteiger partial charge in [0.1, 0.15) is 5.41 Å². The predicted octanol–water partition coefficient (Wildman–Crippen LogP) is 3.99. The number of methoxy groups -OCH3 is 2. The molecular formula is C27H38N2O6. The number of ether oxygens (including phenoxy) is 4. The van der Waals surface area contributed by atoms with Gasteiger partial charge in [-0.25, -0.2) is 0 Å². The van der Waals surface area contributed by atoms with Gasteiger partial charge in [-0.2, -0.15) is 0 Å². The summed E-state index contributed by atoms with van der Waals surface area (Å²) >= 11 is 0. The maximum atomic E-state index is 13.8. The summed E-state index contributed by atoms with van der Waals surface area (Å²) in [5, 5.41) is 1.07. The third-order valence-electron chi connectivity index (χ3n) is 7.82. The lowest BCUT2D eigenvalue weighted by Crippen LogP contribution is -2.59. The van der Waals surface area contributed by atoms with Crippen molar-refractivity contribution in [2.45, 2.75) is 64.3 Å². The Hall–Kier alpha value is -2.74. The zero-order valence-corrected chi connectivity index (χ0v) is 21.6. The number of aromatic nitrogens is 1. The van der Waals surface area contributed by atoms with Crippen molar-refractivity contribution in [3.63, 3.8) is 0 Å². The molecule has 4 rings (SSSR count). The van der Waals surface area contributed by atoms with Gasteiger partial charge in [0, 0.05) is 48.7 Å². The lowest BCUT2D eigenvalue weighted by Gasteiger charge is -2.48. The molecule has 1 saturated heterocycles. The fraction of sp³-hybridized carbons (Fsp3) is 0.630. The van der Waals surface area contributed by atoms with Crippen molar-refractivity contribution in [2.24, 2.45) is 5.92 Å². The number of hydrogen-bond acceptors (Lipinski definition) is 7. The van der Waals surface area contributed by atoms with Gasteiger partial charge in [-0.1, -0.05) is 0 Å².